The van der Waals surface area contributed by atoms with Crippen molar-refractivity contribution in [1.29, 1.82) is 0 Å². The predicted octanol–water partition coefficient (Wildman–Crippen LogP) is 1.99. The van der Waals surface area contributed by atoms with Gasteiger partial charge in [-0.3, -0.25) is 9.59 Å². The van der Waals surface area contributed by atoms with Crippen LogP contribution >= 0.6 is 0 Å². The van der Waals surface area contributed by atoms with Crippen LogP contribution in [0.5, 0.6) is 5.75 Å². The molecule has 4 nitrogen and oxygen atoms in total. The van der Waals surface area contributed by atoms with Gasteiger partial charge in [0, 0.05) is 5.56 Å². The van der Waals surface area contributed by atoms with Gasteiger partial charge in [0.25, 0.3) is 0 Å². The standard InChI is InChI=1S/C12H14O4/c1-3-10(12(14)15)11(13)8-5-4-6-9(7-8)16-2/h4-7,10H,3H2,1-2H3,(H,14,15)/t10-/m0/s1. The van der Waals surface area contributed by atoms with Crippen molar-refractivity contribution in [3.8, 4) is 5.75 Å². The van der Waals surface area contributed by atoms with E-state index in [4.69, 9.17) is 9.84 Å². The lowest BCUT2D eigenvalue weighted by atomic mass is 9.95. The summed E-state index contributed by atoms with van der Waals surface area (Å²) in [5.74, 6) is -1.90. The van der Waals surface area contributed by atoms with E-state index in [1.165, 1.54) is 7.11 Å². The lowest BCUT2D eigenvalue weighted by molar-refractivity contribution is -0.140. The molecule has 0 radical (unpaired) electrons. The van der Waals surface area contributed by atoms with E-state index < -0.39 is 11.9 Å². The molecule has 0 amide bonds. The summed E-state index contributed by atoms with van der Waals surface area (Å²) in [6, 6.07) is 6.52. The topological polar surface area (TPSA) is 63.6 Å². The van der Waals surface area contributed by atoms with E-state index in [2.05, 4.69) is 0 Å². The van der Waals surface area contributed by atoms with E-state index in [0.29, 0.717) is 11.3 Å². The molecule has 0 aromatic heterocycles. The Morgan fingerprint density at radius 2 is 2.12 bits per heavy atom. The second-order valence-electron chi connectivity index (χ2n) is 3.40. The van der Waals surface area contributed by atoms with Crippen LogP contribution in [0.15, 0.2) is 24.3 Å². The maximum atomic E-state index is 11.8. The van der Waals surface area contributed by atoms with Crippen molar-refractivity contribution < 1.29 is 19.4 Å². The summed E-state index contributed by atoms with van der Waals surface area (Å²) in [7, 11) is 1.50. The summed E-state index contributed by atoms with van der Waals surface area (Å²) in [5.41, 5.74) is 0.369. The number of carbonyl (C=O) groups is 2. The zero-order valence-corrected chi connectivity index (χ0v) is 9.27. The molecule has 1 N–H and O–H groups in total. The quantitative estimate of drug-likeness (QED) is 0.611. The molecular formula is C12H14O4. The maximum Gasteiger partial charge on any atom is 0.314 e. The Morgan fingerprint density at radius 1 is 1.44 bits per heavy atom. The van der Waals surface area contributed by atoms with Crippen LogP contribution < -0.4 is 4.74 Å². The molecule has 4 heteroatoms. The number of hydrogen-bond donors (Lipinski definition) is 1. The average Bonchev–Trinajstić information content (AvgIpc) is 2.29. The Bertz CT molecular complexity index is 398. The highest BCUT2D eigenvalue weighted by molar-refractivity contribution is 6.08. The van der Waals surface area contributed by atoms with Crippen LogP contribution in [-0.4, -0.2) is 24.0 Å². The average molecular weight is 222 g/mol. The summed E-state index contributed by atoms with van der Waals surface area (Å²) in [5, 5.41) is 8.88. The van der Waals surface area contributed by atoms with Crippen molar-refractivity contribution in [2.24, 2.45) is 5.92 Å². The Hall–Kier alpha value is -1.84. The molecule has 0 bridgehead atoms. The minimum absolute atomic E-state index is 0.283. The van der Waals surface area contributed by atoms with Crippen LogP contribution in [0, 0.1) is 5.92 Å². The molecule has 0 spiro atoms. The van der Waals surface area contributed by atoms with Crippen molar-refractivity contribution in [3.63, 3.8) is 0 Å². The zero-order chi connectivity index (χ0) is 12.1. The number of Topliss-reactive ketones (excluding diaryl/α,β-unsaturated/α-hetero) is 1. The summed E-state index contributed by atoms with van der Waals surface area (Å²) in [6.45, 7) is 1.68. The highest BCUT2D eigenvalue weighted by Crippen LogP contribution is 2.17. The van der Waals surface area contributed by atoms with Gasteiger partial charge < -0.3 is 9.84 Å². The smallest absolute Gasteiger partial charge is 0.314 e. The fourth-order valence-electron chi connectivity index (χ4n) is 1.45. The highest BCUT2D eigenvalue weighted by Gasteiger charge is 2.25. The molecule has 16 heavy (non-hydrogen) atoms. The third-order valence-corrected chi connectivity index (χ3v) is 2.38. The lowest BCUT2D eigenvalue weighted by Crippen LogP contribution is -2.23. The number of ether oxygens (including phenoxy) is 1. The Balaban J connectivity index is 2.98. The molecule has 1 atom stereocenters. The van der Waals surface area contributed by atoms with Crippen LogP contribution in [0.1, 0.15) is 23.7 Å². The first-order chi connectivity index (χ1) is 7.60. The molecule has 86 valence electrons. The Kier molecular flexibility index (Phi) is 4.05. The van der Waals surface area contributed by atoms with Crippen molar-refractivity contribution in [2.45, 2.75) is 13.3 Å². The molecule has 0 fully saturated rings. The first-order valence-electron chi connectivity index (χ1n) is 5.01. The fourth-order valence-corrected chi connectivity index (χ4v) is 1.45. The van der Waals surface area contributed by atoms with Gasteiger partial charge in [-0.15, -0.1) is 0 Å². The van der Waals surface area contributed by atoms with Crippen molar-refractivity contribution in [3.05, 3.63) is 29.8 Å². The molecule has 0 unspecified atom stereocenters. The molecule has 1 aromatic rings. The lowest BCUT2D eigenvalue weighted by Gasteiger charge is -2.09. The number of aliphatic carboxylic acids is 1. The van der Waals surface area contributed by atoms with Crippen LogP contribution in [-0.2, 0) is 4.79 Å². The van der Waals surface area contributed by atoms with Gasteiger partial charge in [-0.05, 0) is 18.6 Å². The summed E-state index contributed by atoms with van der Waals surface area (Å²) in [6.07, 6.45) is 0.283. The molecule has 1 rings (SSSR count). The Labute approximate surface area is 93.9 Å². The van der Waals surface area contributed by atoms with Gasteiger partial charge in [0.2, 0.25) is 0 Å². The van der Waals surface area contributed by atoms with Crippen LogP contribution in [0.3, 0.4) is 0 Å². The van der Waals surface area contributed by atoms with E-state index in [-0.39, 0.29) is 12.2 Å². The third-order valence-electron chi connectivity index (χ3n) is 2.38. The number of carbonyl (C=O) groups excluding carboxylic acids is 1. The van der Waals surface area contributed by atoms with Gasteiger partial charge in [0.15, 0.2) is 5.78 Å². The molecule has 0 aliphatic heterocycles. The molecule has 0 heterocycles. The molecule has 0 aliphatic carbocycles. The van der Waals surface area contributed by atoms with E-state index in [1.807, 2.05) is 0 Å². The normalized spacial score (nSPS) is 11.9. The first kappa shape index (κ1) is 12.2. The minimum atomic E-state index is -1.09. The van der Waals surface area contributed by atoms with Crippen molar-refractivity contribution in [2.75, 3.05) is 7.11 Å². The van der Waals surface area contributed by atoms with Gasteiger partial charge >= 0.3 is 5.97 Å². The predicted molar refractivity (Wildman–Crippen MR) is 58.7 cm³/mol. The molecule has 0 saturated carbocycles. The van der Waals surface area contributed by atoms with Gasteiger partial charge in [-0.25, -0.2) is 0 Å². The number of methoxy groups -OCH3 is 1. The monoisotopic (exact) mass is 222 g/mol. The largest absolute Gasteiger partial charge is 0.497 e. The highest BCUT2D eigenvalue weighted by atomic mass is 16.5. The van der Waals surface area contributed by atoms with E-state index in [1.54, 1.807) is 31.2 Å². The number of carboxylic acids is 1. The summed E-state index contributed by atoms with van der Waals surface area (Å²) < 4.78 is 4.98. The summed E-state index contributed by atoms with van der Waals surface area (Å²) >= 11 is 0. The fraction of sp³-hybridized carbons (Fsp3) is 0.333. The van der Waals surface area contributed by atoms with Crippen LogP contribution in [0.4, 0.5) is 0 Å². The van der Waals surface area contributed by atoms with Crippen molar-refractivity contribution in [1.82, 2.24) is 0 Å². The van der Waals surface area contributed by atoms with E-state index >= 15 is 0 Å². The van der Waals surface area contributed by atoms with Crippen molar-refractivity contribution >= 4 is 11.8 Å². The number of rotatable bonds is 5. The molecular weight excluding hydrogens is 208 g/mol. The molecule has 0 aliphatic rings. The van der Waals surface area contributed by atoms with E-state index in [0.717, 1.165) is 0 Å². The van der Waals surface area contributed by atoms with Gasteiger partial charge in [0.1, 0.15) is 11.7 Å². The SMILES string of the molecule is CC[C@H](C(=O)O)C(=O)c1cccc(OC)c1. The van der Waals surface area contributed by atoms with Gasteiger partial charge in [-0.1, -0.05) is 19.1 Å². The first-order valence-corrected chi connectivity index (χ1v) is 5.01. The minimum Gasteiger partial charge on any atom is -0.497 e. The zero-order valence-electron chi connectivity index (χ0n) is 9.27. The molecule has 1 aromatic carbocycles. The second kappa shape index (κ2) is 5.30. The number of benzene rings is 1. The van der Waals surface area contributed by atoms with Crippen LogP contribution in [0.2, 0.25) is 0 Å². The van der Waals surface area contributed by atoms with E-state index in [9.17, 15) is 9.59 Å². The molecule has 0 saturated heterocycles. The second-order valence-corrected chi connectivity index (χ2v) is 3.40. The van der Waals surface area contributed by atoms with Gasteiger partial charge in [-0.2, -0.15) is 0 Å². The number of hydrogen-bond acceptors (Lipinski definition) is 3. The maximum absolute atomic E-state index is 11.8. The third kappa shape index (κ3) is 2.59. The summed E-state index contributed by atoms with van der Waals surface area (Å²) in [4.78, 5) is 22.7. The number of ketones is 1. The Morgan fingerprint density at radius 3 is 2.62 bits per heavy atom. The van der Waals surface area contributed by atoms with Gasteiger partial charge in [0.05, 0.1) is 7.11 Å². The van der Waals surface area contributed by atoms with Crippen LogP contribution in [0.25, 0.3) is 0 Å². The number of carboxylic acid groups (broad SMARTS) is 1.